The first kappa shape index (κ1) is 16.8. The van der Waals surface area contributed by atoms with Crippen molar-refractivity contribution in [3.63, 3.8) is 0 Å². The van der Waals surface area contributed by atoms with E-state index in [1.54, 1.807) is 0 Å². The minimum atomic E-state index is -0.0958. The third-order valence-electron chi connectivity index (χ3n) is 4.33. The molecular formula is C16H22ClN3O2. The number of rotatable bonds is 3. The third-order valence-corrected chi connectivity index (χ3v) is 4.33. The highest BCUT2D eigenvalue weighted by atomic mass is 35.5. The number of amides is 2. The lowest BCUT2D eigenvalue weighted by Crippen LogP contribution is -2.45. The van der Waals surface area contributed by atoms with Crippen molar-refractivity contribution in [3.8, 4) is 0 Å². The molecular weight excluding hydrogens is 302 g/mol. The van der Waals surface area contributed by atoms with Crippen LogP contribution in [0.15, 0.2) is 24.3 Å². The van der Waals surface area contributed by atoms with Crippen LogP contribution in [0.4, 0.5) is 0 Å². The second-order valence-electron chi connectivity index (χ2n) is 5.74. The first-order valence-electron chi connectivity index (χ1n) is 7.59. The van der Waals surface area contributed by atoms with Crippen LogP contribution in [-0.4, -0.2) is 31.4 Å². The van der Waals surface area contributed by atoms with Gasteiger partial charge in [-0.15, -0.1) is 12.4 Å². The van der Waals surface area contributed by atoms with Gasteiger partial charge in [0.05, 0.1) is 5.92 Å². The molecule has 2 atom stereocenters. The molecule has 22 heavy (non-hydrogen) atoms. The van der Waals surface area contributed by atoms with Gasteiger partial charge < -0.3 is 16.0 Å². The van der Waals surface area contributed by atoms with Crippen LogP contribution in [0.3, 0.4) is 0 Å². The minimum Gasteiger partial charge on any atom is -0.355 e. The number of hydrogen-bond donors (Lipinski definition) is 3. The van der Waals surface area contributed by atoms with E-state index in [9.17, 15) is 9.59 Å². The smallest absolute Gasteiger partial charge is 0.224 e. The molecule has 3 rings (SSSR count). The summed E-state index contributed by atoms with van der Waals surface area (Å²) in [4.78, 5) is 23.3. The normalized spacial score (nSPS) is 23.7. The van der Waals surface area contributed by atoms with Gasteiger partial charge in [-0.25, -0.2) is 0 Å². The molecule has 0 aliphatic carbocycles. The van der Waals surface area contributed by atoms with E-state index in [0.717, 1.165) is 13.0 Å². The Morgan fingerprint density at radius 3 is 2.86 bits per heavy atom. The molecule has 2 aliphatic heterocycles. The quantitative estimate of drug-likeness (QED) is 0.775. The summed E-state index contributed by atoms with van der Waals surface area (Å²) < 4.78 is 0. The van der Waals surface area contributed by atoms with Gasteiger partial charge in [0.25, 0.3) is 0 Å². The van der Waals surface area contributed by atoms with Gasteiger partial charge in [-0.1, -0.05) is 24.3 Å². The summed E-state index contributed by atoms with van der Waals surface area (Å²) >= 11 is 0. The monoisotopic (exact) mass is 323 g/mol. The maximum absolute atomic E-state index is 12.2. The van der Waals surface area contributed by atoms with Crippen LogP contribution in [0, 0.1) is 5.92 Å². The minimum absolute atomic E-state index is 0. The molecule has 6 heteroatoms. The maximum atomic E-state index is 12.2. The van der Waals surface area contributed by atoms with Gasteiger partial charge >= 0.3 is 0 Å². The summed E-state index contributed by atoms with van der Waals surface area (Å²) in [7, 11) is 0. The Bertz CT molecular complexity index is 540. The molecule has 2 aliphatic rings. The number of hydrogen-bond acceptors (Lipinski definition) is 3. The zero-order valence-electron chi connectivity index (χ0n) is 12.4. The molecule has 1 saturated heterocycles. The topological polar surface area (TPSA) is 70.2 Å². The molecule has 1 aromatic rings. The van der Waals surface area contributed by atoms with Crippen molar-refractivity contribution in [2.24, 2.45) is 5.92 Å². The summed E-state index contributed by atoms with van der Waals surface area (Å²) in [5.41, 5.74) is 2.64. The zero-order valence-corrected chi connectivity index (χ0v) is 13.2. The van der Waals surface area contributed by atoms with Gasteiger partial charge in [0.15, 0.2) is 0 Å². The molecule has 1 fully saturated rings. The van der Waals surface area contributed by atoms with Crippen molar-refractivity contribution < 1.29 is 9.59 Å². The SMILES string of the molecule is Cl.O=C1CCC(C(=O)NCC2NCCc3ccccc32)CN1. The highest BCUT2D eigenvalue weighted by Crippen LogP contribution is 2.22. The van der Waals surface area contributed by atoms with Crippen LogP contribution in [0.1, 0.15) is 30.0 Å². The number of carbonyl (C=O) groups is 2. The average molecular weight is 324 g/mol. The van der Waals surface area contributed by atoms with Crippen LogP contribution in [-0.2, 0) is 16.0 Å². The Morgan fingerprint density at radius 2 is 2.09 bits per heavy atom. The van der Waals surface area contributed by atoms with E-state index in [2.05, 4.69) is 34.1 Å². The Hall–Kier alpha value is -1.59. The number of fused-ring (bicyclic) bond motifs is 1. The van der Waals surface area contributed by atoms with E-state index in [1.165, 1.54) is 11.1 Å². The van der Waals surface area contributed by atoms with Gasteiger partial charge in [-0.2, -0.15) is 0 Å². The fourth-order valence-corrected chi connectivity index (χ4v) is 3.08. The van der Waals surface area contributed by atoms with E-state index in [0.29, 0.717) is 25.9 Å². The van der Waals surface area contributed by atoms with Crippen LogP contribution < -0.4 is 16.0 Å². The summed E-state index contributed by atoms with van der Waals surface area (Å²) in [5.74, 6) is -0.0108. The molecule has 0 aromatic heterocycles. The van der Waals surface area contributed by atoms with Crippen LogP contribution >= 0.6 is 12.4 Å². The van der Waals surface area contributed by atoms with Gasteiger partial charge in [0, 0.05) is 25.6 Å². The molecule has 0 radical (unpaired) electrons. The summed E-state index contributed by atoms with van der Waals surface area (Å²) in [6, 6.07) is 8.56. The lowest BCUT2D eigenvalue weighted by molar-refractivity contribution is -0.129. The fourth-order valence-electron chi connectivity index (χ4n) is 3.08. The molecule has 3 N–H and O–H groups in total. The lowest BCUT2D eigenvalue weighted by Gasteiger charge is -2.28. The van der Waals surface area contributed by atoms with Gasteiger partial charge in [0.2, 0.25) is 11.8 Å². The number of benzene rings is 1. The molecule has 0 saturated carbocycles. The molecule has 0 bridgehead atoms. The standard InChI is InChI=1S/C16H21N3O2.ClH/c20-15-6-5-12(9-18-15)16(21)19-10-14-13-4-2-1-3-11(13)7-8-17-14;/h1-4,12,14,17H,5-10H2,(H,18,20)(H,19,21);1H. The number of nitrogens with one attached hydrogen (secondary N) is 3. The van der Waals surface area contributed by atoms with Crippen molar-refractivity contribution in [1.82, 2.24) is 16.0 Å². The van der Waals surface area contributed by atoms with E-state index in [4.69, 9.17) is 0 Å². The molecule has 2 amide bonds. The Balaban J connectivity index is 0.00000176. The predicted octanol–water partition coefficient (Wildman–Crippen LogP) is 0.938. The lowest BCUT2D eigenvalue weighted by atomic mass is 9.94. The van der Waals surface area contributed by atoms with Crippen molar-refractivity contribution in [2.75, 3.05) is 19.6 Å². The summed E-state index contributed by atoms with van der Waals surface area (Å²) in [5, 5.41) is 9.23. The first-order valence-corrected chi connectivity index (χ1v) is 7.59. The maximum Gasteiger partial charge on any atom is 0.224 e. The summed E-state index contributed by atoms with van der Waals surface area (Å²) in [6.45, 7) is 2.00. The Morgan fingerprint density at radius 1 is 1.27 bits per heavy atom. The fraction of sp³-hybridized carbons (Fsp3) is 0.500. The molecule has 0 spiro atoms. The zero-order chi connectivity index (χ0) is 14.7. The highest BCUT2D eigenvalue weighted by molar-refractivity contribution is 5.85. The molecule has 1 aromatic carbocycles. The Kier molecular flexibility index (Phi) is 5.80. The average Bonchev–Trinajstić information content (AvgIpc) is 2.53. The van der Waals surface area contributed by atoms with Crippen molar-refractivity contribution in [1.29, 1.82) is 0 Å². The van der Waals surface area contributed by atoms with E-state index in [1.807, 2.05) is 6.07 Å². The van der Waals surface area contributed by atoms with Gasteiger partial charge in [0.1, 0.15) is 0 Å². The van der Waals surface area contributed by atoms with Crippen LogP contribution in [0.2, 0.25) is 0 Å². The second-order valence-corrected chi connectivity index (χ2v) is 5.74. The van der Waals surface area contributed by atoms with Crippen molar-refractivity contribution in [2.45, 2.75) is 25.3 Å². The number of halogens is 1. The van der Waals surface area contributed by atoms with Crippen LogP contribution in [0.5, 0.6) is 0 Å². The second kappa shape index (κ2) is 7.61. The van der Waals surface area contributed by atoms with E-state index >= 15 is 0 Å². The first-order chi connectivity index (χ1) is 10.2. The highest BCUT2D eigenvalue weighted by Gasteiger charge is 2.26. The van der Waals surface area contributed by atoms with Crippen molar-refractivity contribution in [3.05, 3.63) is 35.4 Å². The number of carbonyl (C=O) groups excluding carboxylic acids is 2. The predicted molar refractivity (Wildman–Crippen MR) is 86.9 cm³/mol. The third kappa shape index (κ3) is 3.78. The van der Waals surface area contributed by atoms with E-state index in [-0.39, 0.29) is 36.2 Å². The largest absolute Gasteiger partial charge is 0.355 e. The molecule has 2 unspecified atom stereocenters. The number of piperidine rings is 1. The van der Waals surface area contributed by atoms with Gasteiger partial charge in [-0.3, -0.25) is 9.59 Å². The molecule has 5 nitrogen and oxygen atoms in total. The summed E-state index contributed by atoms with van der Waals surface area (Å²) in [6.07, 6.45) is 2.13. The molecule has 2 heterocycles. The van der Waals surface area contributed by atoms with Gasteiger partial charge in [-0.05, 0) is 30.5 Å². The van der Waals surface area contributed by atoms with E-state index < -0.39 is 0 Å². The van der Waals surface area contributed by atoms with Crippen molar-refractivity contribution >= 4 is 24.2 Å². The Labute approximate surface area is 136 Å². The van der Waals surface area contributed by atoms with Crippen LogP contribution in [0.25, 0.3) is 0 Å². The molecule has 120 valence electrons.